The molecule has 0 saturated heterocycles. The van der Waals surface area contributed by atoms with Gasteiger partial charge in [0, 0.05) is 13.0 Å². The molecule has 2 unspecified atom stereocenters. The third-order valence-electron chi connectivity index (χ3n) is 4.28. The lowest BCUT2D eigenvalue weighted by molar-refractivity contribution is 0.142. The molecule has 5 heteroatoms. The fourth-order valence-corrected chi connectivity index (χ4v) is 3.07. The monoisotopic (exact) mass is 302 g/mol. The smallest absolute Gasteiger partial charge is 0.315 e. The third kappa shape index (κ3) is 3.48. The van der Waals surface area contributed by atoms with Gasteiger partial charge in [-0.25, -0.2) is 4.79 Å². The van der Waals surface area contributed by atoms with Crippen molar-refractivity contribution >= 4 is 6.03 Å². The number of aliphatic hydroxyl groups excluding tert-OH is 1. The van der Waals surface area contributed by atoms with E-state index in [4.69, 9.17) is 4.74 Å². The van der Waals surface area contributed by atoms with E-state index in [1.165, 1.54) is 5.57 Å². The van der Waals surface area contributed by atoms with E-state index in [9.17, 15) is 9.90 Å². The van der Waals surface area contributed by atoms with Crippen molar-refractivity contribution < 1.29 is 14.6 Å². The second-order valence-electron chi connectivity index (χ2n) is 5.79. The number of rotatable bonds is 4. The number of amides is 2. The molecule has 0 bridgehead atoms. The molecule has 2 amide bonds. The minimum absolute atomic E-state index is 0.228. The minimum Gasteiger partial charge on any atom is -0.390 e. The summed E-state index contributed by atoms with van der Waals surface area (Å²) in [5.41, 5.74) is 3.45. The number of nitrogens with one attached hydrogen (secondary N) is 2. The van der Waals surface area contributed by atoms with Crippen molar-refractivity contribution in [3.8, 4) is 0 Å². The summed E-state index contributed by atoms with van der Waals surface area (Å²) in [6, 6.07) is 7.29. The van der Waals surface area contributed by atoms with E-state index < -0.39 is 6.10 Å². The highest BCUT2D eigenvalue weighted by atomic mass is 16.5. The number of urea groups is 1. The maximum absolute atomic E-state index is 12.0. The van der Waals surface area contributed by atoms with E-state index in [-0.39, 0.29) is 12.1 Å². The maximum atomic E-state index is 12.0. The topological polar surface area (TPSA) is 70.6 Å². The summed E-state index contributed by atoms with van der Waals surface area (Å²) in [6.45, 7) is 2.04. The largest absolute Gasteiger partial charge is 0.390 e. The van der Waals surface area contributed by atoms with Gasteiger partial charge in [0.15, 0.2) is 0 Å². The fraction of sp³-hybridized carbons (Fsp3) is 0.471. The molecular formula is C17H22N2O3. The molecular weight excluding hydrogens is 280 g/mol. The Bertz CT molecular complexity index is 571. The molecule has 2 aliphatic rings. The second-order valence-corrected chi connectivity index (χ2v) is 5.79. The molecule has 118 valence electrons. The van der Waals surface area contributed by atoms with Crippen molar-refractivity contribution in [2.24, 2.45) is 0 Å². The number of ether oxygens (including phenoxy) is 1. The van der Waals surface area contributed by atoms with Crippen LogP contribution in [0.5, 0.6) is 0 Å². The molecule has 5 nitrogen and oxygen atoms in total. The van der Waals surface area contributed by atoms with Crippen LogP contribution in [0, 0.1) is 0 Å². The number of carbonyl (C=O) groups is 1. The lowest BCUT2D eigenvalue weighted by Gasteiger charge is -2.19. The number of hydrogen-bond donors (Lipinski definition) is 3. The van der Waals surface area contributed by atoms with Gasteiger partial charge in [-0.1, -0.05) is 35.9 Å². The molecule has 0 radical (unpaired) electrons. The van der Waals surface area contributed by atoms with Crippen LogP contribution in [0.4, 0.5) is 4.79 Å². The minimum atomic E-state index is -0.554. The van der Waals surface area contributed by atoms with E-state index in [0.29, 0.717) is 19.6 Å². The second kappa shape index (κ2) is 6.94. The van der Waals surface area contributed by atoms with E-state index in [1.807, 2.05) is 24.3 Å². The van der Waals surface area contributed by atoms with Crippen LogP contribution in [-0.2, 0) is 11.2 Å². The van der Waals surface area contributed by atoms with Crippen LogP contribution in [0.1, 0.15) is 30.0 Å². The summed E-state index contributed by atoms with van der Waals surface area (Å²) in [5, 5.41) is 15.9. The Morgan fingerprint density at radius 1 is 1.36 bits per heavy atom. The summed E-state index contributed by atoms with van der Waals surface area (Å²) in [6.07, 6.45) is 3.91. The molecule has 0 fully saturated rings. The summed E-state index contributed by atoms with van der Waals surface area (Å²) < 4.78 is 5.26. The zero-order valence-electron chi connectivity index (χ0n) is 12.5. The lowest BCUT2D eigenvalue weighted by Crippen LogP contribution is -2.41. The van der Waals surface area contributed by atoms with Crippen LogP contribution >= 0.6 is 0 Å². The molecule has 2 atom stereocenters. The van der Waals surface area contributed by atoms with E-state index in [1.54, 1.807) is 0 Å². The Labute approximate surface area is 130 Å². The highest BCUT2D eigenvalue weighted by Crippen LogP contribution is 2.30. The first-order chi connectivity index (χ1) is 10.7. The van der Waals surface area contributed by atoms with Gasteiger partial charge in [-0.15, -0.1) is 0 Å². The highest BCUT2D eigenvalue weighted by molar-refractivity contribution is 5.74. The van der Waals surface area contributed by atoms with E-state index in [2.05, 4.69) is 16.7 Å². The maximum Gasteiger partial charge on any atom is 0.315 e. The Kier molecular flexibility index (Phi) is 4.75. The van der Waals surface area contributed by atoms with Gasteiger partial charge < -0.3 is 20.5 Å². The normalized spacial score (nSPS) is 23.6. The van der Waals surface area contributed by atoms with E-state index in [0.717, 1.165) is 30.6 Å². The number of fused-ring (bicyclic) bond motifs is 1. The zero-order valence-corrected chi connectivity index (χ0v) is 12.5. The molecule has 1 aromatic rings. The van der Waals surface area contributed by atoms with Crippen molar-refractivity contribution in [2.45, 2.75) is 31.4 Å². The molecule has 1 heterocycles. The molecule has 0 aromatic heterocycles. The average Bonchev–Trinajstić information content (AvgIpc) is 2.84. The summed E-state index contributed by atoms with van der Waals surface area (Å²) in [5.74, 6) is 0. The van der Waals surface area contributed by atoms with Crippen molar-refractivity contribution in [3.63, 3.8) is 0 Å². The zero-order chi connectivity index (χ0) is 15.4. The van der Waals surface area contributed by atoms with Gasteiger partial charge in [-0.2, -0.15) is 0 Å². The Balaban J connectivity index is 1.48. The molecule has 0 spiro atoms. The Hall–Kier alpha value is -1.85. The van der Waals surface area contributed by atoms with Gasteiger partial charge in [0.1, 0.15) is 0 Å². The van der Waals surface area contributed by atoms with Crippen LogP contribution in [0.2, 0.25) is 0 Å². The predicted octanol–water partition coefficient (Wildman–Crippen LogP) is 1.68. The van der Waals surface area contributed by atoms with Gasteiger partial charge in [0.25, 0.3) is 0 Å². The summed E-state index contributed by atoms with van der Waals surface area (Å²) in [4.78, 5) is 12.0. The van der Waals surface area contributed by atoms with Crippen LogP contribution in [0.25, 0.3) is 0 Å². The highest BCUT2D eigenvalue weighted by Gasteiger charge is 2.31. The molecule has 22 heavy (non-hydrogen) atoms. The van der Waals surface area contributed by atoms with Crippen molar-refractivity contribution in [1.82, 2.24) is 10.6 Å². The number of carbonyl (C=O) groups excluding carboxylic acids is 1. The van der Waals surface area contributed by atoms with Crippen LogP contribution in [-0.4, -0.2) is 37.0 Å². The molecule has 3 rings (SSSR count). The number of hydrogen-bond acceptors (Lipinski definition) is 3. The van der Waals surface area contributed by atoms with Crippen molar-refractivity contribution in [2.75, 3.05) is 19.8 Å². The van der Waals surface area contributed by atoms with Crippen LogP contribution < -0.4 is 10.6 Å². The Morgan fingerprint density at radius 2 is 2.23 bits per heavy atom. The Morgan fingerprint density at radius 3 is 3.05 bits per heavy atom. The first kappa shape index (κ1) is 15.1. The first-order valence-corrected chi connectivity index (χ1v) is 7.80. The van der Waals surface area contributed by atoms with Crippen molar-refractivity contribution in [1.29, 1.82) is 0 Å². The van der Waals surface area contributed by atoms with Gasteiger partial charge in [0.2, 0.25) is 0 Å². The molecule has 1 aliphatic heterocycles. The van der Waals surface area contributed by atoms with Gasteiger partial charge in [-0.05, 0) is 24.0 Å². The number of aliphatic hydroxyl groups is 1. The molecule has 3 N–H and O–H groups in total. The third-order valence-corrected chi connectivity index (χ3v) is 4.28. The van der Waals surface area contributed by atoms with Gasteiger partial charge >= 0.3 is 6.03 Å². The SMILES string of the molecule is O=C(NCCC1=CCOCC1)NC1c2ccccc2CC1O. The van der Waals surface area contributed by atoms with Crippen LogP contribution in [0.15, 0.2) is 35.9 Å². The van der Waals surface area contributed by atoms with Gasteiger partial charge in [0.05, 0.1) is 25.4 Å². The summed E-state index contributed by atoms with van der Waals surface area (Å²) >= 11 is 0. The fourth-order valence-electron chi connectivity index (χ4n) is 3.07. The average molecular weight is 302 g/mol. The molecule has 1 aliphatic carbocycles. The summed E-state index contributed by atoms with van der Waals surface area (Å²) in [7, 11) is 0. The molecule has 0 saturated carbocycles. The molecule has 1 aromatic carbocycles. The lowest BCUT2D eigenvalue weighted by atomic mass is 10.1. The standard InChI is InChI=1S/C17H22N2O3/c20-15-11-13-3-1-2-4-14(13)16(15)19-17(21)18-8-5-12-6-9-22-10-7-12/h1-4,6,15-16,20H,5,7-11H2,(H2,18,19,21). The number of benzene rings is 1. The van der Waals surface area contributed by atoms with E-state index >= 15 is 0 Å². The first-order valence-electron chi connectivity index (χ1n) is 7.80. The van der Waals surface area contributed by atoms with Crippen LogP contribution in [0.3, 0.4) is 0 Å². The predicted molar refractivity (Wildman–Crippen MR) is 83.6 cm³/mol. The van der Waals surface area contributed by atoms with Crippen molar-refractivity contribution in [3.05, 3.63) is 47.0 Å². The van der Waals surface area contributed by atoms with Gasteiger partial charge in [-0.3, -0.25) is 0 Å². The quantitative estimate of drug-likeness (QED) is 0.741.